The number of carbonyl (C=O) groups excluding carboxylic acids is 2. The highest BCUT2D eigenvalue weighted by Gasteiger charge is 2.27. The molecule has 1 heterocycles. The molecule has 20 heavy (non-hydrogen) atoms. The first-order chi connectivity index (χ1) is 9.52. The van der Waals surface area contributed by atoms with Crippen molar-refractivity contribution in [2.24, 2.45) is 5.92 Å². The second-order valence-corrected chi connectivity index (χ2v) is 5.85. The molecule has 0 radical (unpaired) electrons. The molecule has 0 atom stereocenters. The van der Waals surface area contributed by atoms with Crippen molar-refractivity contribution in [1.82, 2.24) is 4.90 Å². The number of likely N-dealkylation sites (tertiary alicyclic amines) is 1. The number of hydrogen-bond donors (Lipinski definition) is 0. The number of hydrogen-bond acceptors (Lipinski definition) is 2. The lowest BCUT2D eigenvalue weighted by atomic mass is 9.91. The lowest BCUT2D eigenvalue weighted by Gasteiger charge is -2.31. The second-order valence-electron chi connectivity index (χ2n) is 5.01. The third-order valence-corrected chi connectivity index (χ3v) is 4.31. The van der Waals surface area contributed by atoms with Crippen LogP contribution in [0.25, 0.3) is 0 Å². The van der Waals surface area contributed by atoms with Gasteiger partial charge in [-0.25, -0.2) is 0 Å². The molecule has 5 heteroatoms. The lowest BCUT2D eigenvalue weighted by molar-refractivity contribution is -0.123. The van der Waals surface area contributed by atoms with Crippen molar-refractivity contribution in [2.45, 2.75) is 26.2 Å². The number of amides is 1. The molecule has 1 fully saturated rings. The van der Waals surface area contributed by atoms with Crippen LogP contribution >= 0.6 is 23.2 Å². The molecular formula is C15H17Cl2NO2. The average Bonchev–Trinajstić information content (AvgIpc) is 2.48. The van der Waals surface area contributed by atoms with Crippen LogP contribution in [0.4, 0.5) is 0 Å². The van der Waals surface area contributed by atoms with E-state index in [2.05, 4.69) is 0 Å². The Hall–Kier alpha value is -1.06. The largest absolute Gasteiger partial charge is 0.339 e. The fourth-order valence-corrected chi connectivity index (χ4v) is 2.90. The normalized spacial score (nSPS) is 16.2. The van der Waals surface area contributed by atoms with Gasteiger partial charge in [-0.3, -0.25) is 9.59 Å². The van der Waals surface area contributed by atoms with Gasteiger partial charge in [0.15, 0.2) is 0 Å². The highest BCUT2D eigenvalue weighted by atomic mass is 35.5. The molecule has 1 saturated heterocycles. The zero-order valence-corrected chi connectivity index (χ0v) is 12.9. The molecule has 3 nitrogen and oxygen atoms in total. The molecule has 0 spiro atoms. The van der Waals surface area contributed by atoms with Crippen LogP contribution in [0.1, 0.15) is 36.5 Å². The summed E-state index contributed by atoms with van der Waals surface area (Å²) in [7, 11) is 0. The van der Waals surface area contributed by atoms with Crippen LogP contribution in [0.3, 0.4) is 0 Å². The Bertz CT molecular complexity index is 523. The van der Waals surface area contributed by atoms with Crippen molar-refractivity contribution in [3.05, 3.63) is 33.8 Å². The summed E-state index contributed by atoms with van der Waals surface area (Å²) in [5.41, 5.74) is 0.430. The summed E-state index contributed by atoms with van der Waals surface area (Å²) >= 11 is 12.0. The maximum absolute atomic E-state index is 12.4. The first kappa shape index (κ1) is 15.3. The average molecular weight is 314 g/mol. The predicted molar refractivity (Wildman–Crippen MR) is 80.4 cm³/mol. The molecule has 0 bridgehead atoms. The standard InChI is InChI=1S/C15H17Cl2NO2/c1-2-14(19)10-5-7-18(8-6-10)15(20)12-9-11(16)3-4-13(12)17/h3-4,9-10H,2,5-8H2,1H3. The maximum atomic E-state index is 12.4. The number of ketones is 1. The highest BCUT2D eigenvalue weighted by molar-refractivity contribution is 6.35. The SMILES string of the molecule is CCC(=O)C1CCN(C(=O)c2cc(Cl)ccc2Cl)CC1. The summed E-state index contributed by atoms with van der Waals surface area (Å²) in [5, 5.41) is 0.903. The predicted octanol–water partition coefficient (Wildman–Crippen LogP) is 3.82. The Labute approximate surface area is 128 Å². The molecule has 0 aromatic heterocycles. The Morgan fingerprint density at radius 1 is 1.25 bits per heavy atom. The monoisotopic (exact) mass is 313 g/mol. The third kappa shape index (κ3) is 3.33. The lowest BCUT2D eigenvalue weighted by Crippen LogP contribution is -2.40. The number of Topliss-reactive ketones (excluding diaryl/α,β-unsaturated/α-hetero) is 1. The van der Waals surface area contributed by atoms with Crippen molar-refractivity contribution in [3.63, 3.8) is 0 Å². The molecule has 1 aromatic rings. The number of carbonyl (C=O) groups is 2. The van der Waals surface area contributed by atoms with E-state index in [1.54, 1.807) is 23.1 Å². The van der Waals surface area contributed by atoms with Crippen LogP contribution in [0.5, 0.6) is 0 Å². The van der Waals surface area contributed by atoms with Gasteiger partial charge < -0.3 is 4.90 Å². The van der Waals surface area contributed by atoms with Gasteiger partial charge in [0.2, 0.25) is 0 Å². The fourth-order valence-electron chi connectivity index (χ4n) is 2.52. The molecular weight excluding hydrogens is 297 g/mol. The molecule has 1 amide bonds. The van der Waals surface area contributed by atoms with Gasteiger partial charge in [0.05, 0.1) is 10.6 Å². The van der Waals surface area contributed by atoms with Crippen molar-refractivity contribution in [2.75, 3.05) is 13.1 Å². The van der Waals surface area contributed by atoms with E-state index < -0.39 is 0 Å². The van der Waals surface area contributed by atoms with Crippen LogP contribution in [-0.4, -0.2) is 29.7 Å². The van der Waals surface area contributed by atoms with E-state index in [0.29, 0.717) is 35.1 Å². The van der Waals surface area contributed by atoms with Gasteiger partial charge in [-0.2, -0.15) is 0 Å². The second kappa shape index (κ2) is 6.59. The van der Waals surface area contributed by atoms with Crippen molar-refractivity contribution in [3.8, 4) is 0 Å². The summed E-state index contributed by atoms with van der Waals surface area (Å²) < 4.78 is 0. The summed E-state index contributed by atoms with van der Waals surface area (Å²) in [4.78, 5) is 25.8. The number of piperidine rings is 1. The Morgan fingerprint density at radius 3 is 2.50 bits per heavy atom. The van der Waals surface area contributed by atoms with Crippen molar-refractivity contribution in [1.29, 1.82) is 0 Å². The molecule has 1 aromatic carbocycles. The molecule has 0 saturated carbocycles. The highest BCUT2D eigenvalue weighted by Crippen LogP contribution is 2.25. The van der Waals surface area contributed by atoms with Crippen LogP contribution in [0.15, 0.2) is 18.2 Å². The molecule has 0 N–H and O–H groups in total. The summed E-state index contributed by atoms with van der Waals surface area (Å²) in [6, 6.07) is 4.88. The third-order valence-electron chi connectivity index (χ3n) is 3.74. The van der Waals surface area contributed by atoms with E-state index in [9.17, 15) is 9.59 Å². The topological polar surface area (TPSA) is 37.4 Å². The number of nitrogens with zero attached hydrogens (tertiary/aromatic N) is 1. The summed E-state index contributed by atoms with van der Waals surface area (Å²) in [6.45, 7) is 3.07. The smallest absolute Gasteiger partial charge is 0.255 e. The van der Waals surface area contributed by atoms with Crippen LogP contribution in [-0.2, 0) is 4.79 Å². The zero-order valence-electron chi connectivity index (χ0n) is 11.4. The minimum Gasteiger partial charge on any atom is -0.339 e. The number of halogens is 2. The van der Waals surface area contributed by atoms with Gasteiger partial charge in [0, 0.05) is 30.5 Å². The molecule has 2 rings (SSSR count). The van der Waals surface area contributed by atoms with E-state index in [1.165, 1.54) is 0 Å². The quantitative estimate of drug-likeness (QED) is 0.850. The molecule has 1 aliphatic rings. The Morgan fingerprint density at radius 2 is 1.90 bits per heavy atom. The van der Waals surface area contributed by atoms with Gasteiger partial charge in [-0.05, 0) is 31.0 Å². The maximum Gasteiger partial charge on any atom is 0.255 e. The minimum absolute atomic E-state index is 0.0962. The first-order valence-corrected chi connectivity index (χ1v) is 7.55. The van der Waals surface area contributed by atoms with Gasteiger partial charge in [-0.1, -0.05) is 30.1 Å². The zero-order chi connectivity index (χ0) is 14.7. The van der Waals surface area contributed by atoms with Gasteiger partial charge in [0.1, 0.15) is 5.78 Å². The van der Waals surface area contributed by atoms with E-state index in [4.69, 9.17) is 23.2 Å². The van der Waals surface area contributed by atoms with Crippen molar-refractivity contribution >= 4 is 34.9 Å². The van der Waals surface area contributed by atoms with Gasteiger partial charge >= 0.3 is 0 Å². The number of rotatable bonds is 3. The van der Waals surface area contributed by atoms with E-state index >= 15 is 0 Å². The number of benzene rings is 1. The van der Waals surface area contributed by atoms with Crippen LogP contribution in [0.2, 0.25) is 10.0 Å². The first-order valence-electron chi connectivity index (χ1n) is 6.80. The summed E-state index contributed by atoms with van der Waals surface area (Å²) in [6.07, 6.45) is 2.03. The van der Waals surface area contributed by atoms with E-state index in [0.717, 1.165) is 12.8 Å². The van der Waals surface area contributed by atoms with E-state index in [1.807, 2.05) is 6.92 Å². The molecule has 0 unspecified atom stereocenters. The molecule has 1 aliphatic heterocycles. The van der Waals surface area contributed by atoms with Gasteiger partial charge in [-0.15, -0.1) is 0 Å². The Balaban J connectivity index is 2.05. The van der Waals surface area contributed by atoms with Crippen LogP contribution < -0.4 is 0 Å². The van der Waals surface area contributed by atoms with Crippen molar-refractivity contribution < 1.29 is 9.59 Å². The minimum atomic E-state index is -0.111. The summed E-state index contributed by atoms with van der Waals surface area (Å²) in [5.74, 6) is 0.275. The fraction of sp³-hybridized carbons (Fsp3) is 0.467. The van der Waals surface area contributed by atoms with E-state index in [-0.39, 0.29) is 17.6 Å². The molecule has 108 valence electrons. The van der Waals surface area contributed by atoms with Crippen LogP contribution in [0, 0.1) is 5.92 Å². The Kier molecular flexibility index (Phi) is 5.06. The van der Waals surface area contributed by atoms with Gasteiger partial charge in [0.25, 0.3) is 5.91 Å². The molecule has 0 aliphatic carbocycles.